The molecule has 0 spiro atoms. The van der Waals surface area contributed by atoms with Gasteiger partial charge in [0, 0.05) is 29.3 Å². The molecule has 0 radical (unpaired) electrons. The van der Waals surface area contributed by atoms with Gasteiger partial charge in [-0.3, -0.25) is 4.79 Å². The first-order valence-electron chi connectivity index (χ1n) is 6.84. The lowest BCUT2D eigenvalue weighted by Gasteiger charge is -2.06. The maximum Gasteiger partial charge on any atom is 0.229 e. The first-order valence-corrected chi connectivity index (χ1v) is 7.22. The number of carbonyl (C=O) groups is 1. The summed E-state index contributed by atoms with van der Waals surface area (Å²) >= 11 is 5.86. The van der Waals surface area contributed by atoms with E-state index in [1.54, 1.807) is 18.3 Å². The van der Waals surface area contributed by atoms with E-state index in [1.807, 2.05) is 53.4 Å². The van der Waals surface area contributed by atoms with Crippen molar-refractivity contribution in [1.82, 2.24) is 9.55 Å². The van der Waals surface area contributed by atoms with Crippen LogP contribution in [0.1, 0.15) is 5.56 Å². The Morgan fingerprint density at radius 3 is 2.55 bits per heavy atom. The molecular formula is C17H14ClN3O. The average Bonchev–Trinajstić information content (AvgIpc) is 3.02. The maximum atomic E-state index is 12.0. The molecule has 1 amide bonds. The Labute approximate surface area is 133 Å². The SMILES string of the molecule is O=C(Cc1ccc(-n2cccc2)cc1)Nc1cc(Cl)ccn1. The number of halogens is 1. The van der Waals surface area contributed by atoms with Crippen LogP contribution in [0.25, 0.3) is 5.69 Å². The summed E-state index contributed by atoms with van der Waals surface area (Å²) in [6.45, 7) is 0. The van der Waals surface area contributed by atoms with E-state index in [-0.39, 0.29) is 5.91 Å². The zero-order chi connectivity index (χ0) is 15.4. The molecule has 4 nitrogen and oxygen atoms in total. The lowest BCUT2D eigenvalue weighted by atomic mass is 10.1. The number of anilines is 1. The molecule has 0 aliphatic rings. The van der Waals surface area contributed by atoms with Gasteiger partial charge in [0.25, 0.3) is 0 Å². The van der Waals surface area contributed by atoms with Gasteiger partial charge in [0.15, 0.2) is 0 Å². The minimum absolute atomic E-state index is 0.122. The lowest BCUT2D eigenvalue weighted by Crippen LogP contribution is -2.15. The van der Waals surface area contributed by atoms with Gasteiger partial charge in [0.05, 0.1) is 6.42 Å². The van der Waals surface area contributed by atoms with Crippen molar-refractivity contribution in [3.8, 4) is 5.69 Å². The van der Waals surface area contributed by atoms with Gasteiger partial charge in [-0.1, -0.05) is 23.7 Å². The normalized spacial score (nSPS) is 10.4. The second-order valence-electron chi connectivity index (χ2n) is 4.84. The Morgan fingerprint density at radius 2 is 1.86 bits per heavy atom. The summed E-state index contributed by atoms with van der Waals surface area (Å²) < 4.78 is 2.01. The minimum Gasteiger partial charge on any atom is -0.324 e. The number of benzene rings is 1. The van der Waals surface area contributed by atoms with Crippen molar-refractivity contribution in [3.05, 3.63) is 77.7 Å². The van der Waals surface area contributed by atoms with Gasteiger partial charge in [-0.05, 0) is 42.0 Å². The number of hydrogen-bond acceptors (Lipinski definition) is 2. The molecule has 3 rings (SSSR count). The van der Waals surface area contributed by atoms with Crippen molar-refractivity contribution < 1.29 is 4.79 Å². The third-order valence-corrected chi connectivity index (χ3v) is 3.43. The van der Waals surface area contributed by atoms with Crippen molar-refractivity contribution in [2.75, 3.05) is 5.32 Å². The molecule has 1 N–H and O–H groups in total. The molecule has 3 aromatic rings. The predicted octanol–water partition coefficient (Wildman–Crippen LogP) is 3.71. The number of rotatable bonds is 4. The van der Waals surface area contributed by atoms with Gasteiger partial charge in [-0.15, -0.1) is 0 Å². The van der Waals surface area contributed by atoms with Crippen LogP contribution in [0, 0.1) is 0 Å². The quantitative estimate of drug-likeness (QED) is 0.798. The number of nitrogens with one attached hydrogen (secondary N) is 1. The second kappa shape index (κ2) is 6.45. The summed E-state index contributed by atoms with van der Waals surface area (Å²) in [5, 5.41) is 3.28. The number of aromatic nitrogens is 2. The molecule has 0 unspecified atom stereocenters. The molecule has 0 saturated carbocycles. The molecule has 1 aromatic carbocycles. The van der Waals surface area contributed by atoms with Crippen LogP contribution in [0.2, 0.25) is 5.02 Å². The van der Waals surface area contributed by atoms with E-state index >= 15 is 0 Å². The van der Waals surface area contributed by atoms with Crippen LogP contribution in [0.5, 0.6) is 0 Å². The number of pyridine rings is 1. The van der Waals surface area contributed by atoms with Crippen molar-refractivity contribution in [3.63, 3.8) is 0 Å². The summed E-state index contributed by atoms with van der Waals surface area (Å²) in [6, 6.07) is 15.1. The van der Waals surface area contributed by atoms with E-state index in [2.05, 4.69) is 10.3 Å². The van der Waals surface area contributed by atoms with E-state index in [4.69, 9.17) is 11.6 Å². The Morgan fingerprint density at radius 1 is 1.14 bits per heavy atom. The molecule has 110 valence electrons. The minimum atomic E-state index is -0.122. The first-order chi connectivity index (χ1) is 10.7. The van der Waals surface area contributed by atoms with Crippen LogP contribution in [0.4, 0.5) is 5.82 Å². The molecule has 0 bridgehead atoms. The summed E-state index contributed by atoms with van der Waals surface area (Å²) in [7, 11) is 0. The zero-order valence-corrected chi connectivity index (χ0v) is 12.5. The summed E-state index contributed by atoms with van der Waals surface area (Å²) in [5.41, 5.74) is 2.00. The van der Waals surface area contributed by atoms with Crippen molar-refractivity contribution in [2.45, 2.75) is 6.42 Å². The lowest BCUT2D eigenvalue weighted by molar-refractivity contribution is -0.115. The van der Waals surface area contributed by atoms with Crippen molar-refractivity contribution in [1.29, 1.82) is 0 Å². The smallest absolute Gasteiger partial charge is 0.229 e. The van der Waals surface area contributed by atoms with Crippen LogP contribution in [0.3, 0.4) is 0 Å². The predicted molar refractivity (Wildman–Crippen MR) is 87.3 cm³/mol. The fourth-order valence-electron chi connectivity index (χ4n) is 2.14. The highest BCUT2D eigenvalue weighted by Crippen LogP contribution is 2.13. The molecule has 2 heterocycles. The molecule has 2 aromatic heterocycles. The van der Waals surface area contributed by atoms with E-state index in [1.165, 1.54) is 0 Å². The highest BCUT2D eigenvalue weighted by molar-refractivity contribution is 6.30. The van der Waals surface area contributed by atoms with Gasteiger partial charge in [-0.25, -0.2) is 4.98 Å². The topological polar surface area (TPSA) is 46.9 Å². The number of nitrogens with zero attached hydrogens (tertiary/aromatic N) is 2. The van der Waals surface area contributed by atoms with Crippen LogP contribution in [0.15, 0.2) is 67.1 Å². The van der Waals surface area contributed by atoms with Gasteiger partial charge in [-0.2, -0.15) is 0 Å². The monoisotopic (exact) mass is 311 g/mol. The Balaban J connectivity index is 1.64. The van der Waals surface area contributed by atoms with Crippen molar-refractivity contribution >= 4 is 23.3 Å². The Hall–Kier alpha value is -2.59. The second-order valence-corrected chi connectivity index (χ2v) is 5.28. The number of carbonyl (C=O) groups excluding carboxylic acids is 1. The van der Waals surface area contributed by atoms with Crippen LogP contribution < -0.4 is 5.32 Å². The number of amides is 1. The third kappa shape index (κ3) is 3.54. The molecule has 0 fully saturated rings. The molecule has 22 heavy (non-hydrogen) atoms. The van der Waals surface area contributed by atoms with Gasteiger partial charge < -0.3 is 9.88 Å². The zero-order valence-electron chi connectivity index (χ0n) is 11.7. The molecule has 0 aliphatic carbocycles. The fourth-order valence-corrected chi connectivity index (χ4v) is 2.30. The highest BCUT2D eigenvalue weighted by atomic mass is 35.5. The Bertz CT molecular complexity index is 767. The molecule has 5 heteroatoms. The highest BCUT2D eigenvalue weighted by Gasteiger charge is 2.05. The molecule has 0 aliphatic heterocycles. The van der Waals surface area contributed by atoms with Crippen LogP contribution in [-0.2, 0) is 11.2 Å². The van der Waals surface area contributed by atoms with E-state index in [0.717, 1.165) is 11.3 Å². The van der Waals surface area contributed by atoms with Crippen LogP contribution in [-0.4, -0.2) is 15.5 Å². The summed E-state index contributed by atoms with van der Waals surface area (Å²) in [5.74, 6) is 0.338. The summed E-state index contributed by atoms with van der Waals surface area (Å²) in [4.78, 5) is 16.1. The van der Waals surface area contributed by atoms with Gasteiger partial charge in [0.2, 0.25) is 5.91 Å². The largest absolute Gasteiger partial charge is 0.324 e. The maximum absolute atomic E-state index is 12.0. The van der Waals surface area contributed by atoms with Gasteiger partial charge in [0.1, 0.15) is 5.82 Å². The average molecular weight is 312 g/mol. The molecule has 0 saturated heterocycles. The summed E-state index contributed by atoms with van der Waals surface area (Å²) in [6.07, 6.45) is 5.81. The number of hydrogen-bond donors (Lipinski definition) is 1. The van der Waals surface area contributed by atoms with E-state index < -0.39 is 0 Å². The Kier molecular flexibility index (Phi) is 4.21. The standard InChI is InChI=1S/C17H14ClN3O/c18-14-7-8-19-16(12-14)20-17(22)11-13-3-5-15(6-4-13)21-9-1-2-10-21/h1-10,12H,11H2,(H,19,20,22). The van der Waals surface area contributed by atoms with Crippen LogP contribution >= 0.6 is 11.6 Å². The van der Waals surface area contributed by atoms with E-state index in [0.29, 0.717) is 17.3 Å². The fraction of sp³-hybridized carbons (Fsp3) is 0.0588. The van der Waals surface area contributed by atoms with Gasteiger partial charge >= 0.3 is 0 Å². The van der Waals surface area contributed by atoms with Crippen molar-refractivity contribution in [2.24, 2.45) is 0 Å². The van der Waals surface area contributed by atoms with E-state index in [9.17, 15) is 4.79 Å². The molecular weight excluding hydrogens is 298 g/mol. The molecule has 0 atom stereocenters. The third-order valence-electron chi connectivity index (χ3n) is 3.19. The first kappa shape index (κ1) is 14.4.